The van der Waals surface area contributed by atoms with Crippen LogP contribution in [0.4, 0.5) is 14.7 Å². The smallest absolute Gasteiger partial charge is 0.230 e. The van der Waals surface area contributed by atoms with Gasteiger partial charge in [-0.2, -0.15) is 0 Å². The molecule has 9 heteroatoms. The summed E-state index contributed by atoms with van der Waals surface area (Å²) in [5, 5.41) is 19.7. The van der Waals surface area contributed by atoms with Crippen LogP contribution in [0.2, 0.25) is 0 Å². The molecule has 0 saturated carbocycles. The Morgan fingerprint density at radius 1 is 1.14 bits per heavy atom. The van der Waals surface area contributed by atoms with E-state index in [1.54, 1.807) is 25.4 Å². The largest absolute Gasteiger partial charge is 0.492 e. The van der Waals surface area contributed by atoms with Gasteiger partial charge in [0.1, 0.15) is 5.82 Å². The van der Waals surface area contributed by atoms with Crippen molar-refractivity contribution in [2.75, 3.05) is 11.9 Å². The molecule has 0 aliphatic heterocycles. The molecule has 0 radical (unpaired) electrons. The third kappa shape index (κ3) is 4.54. The predicted octanol–water partition coefficient (Wildman–Crippen LogP) is 3.29. The maximum atomic E-state index is 14.3. The number of alkyl halides is 1. The van der Waals surface area contributed by atoms with Gasteiger partial charge in [-0.25, -0.2) is 18.7 Å². The fraction of sp³-hybridized carbons (Fsp3) is 0.316. The standard InChI is InChI=1S/C19H20F2N6O/c1-12(20)8-19(2,17-14(21)4-3-7-22-17)11-25-18-23-9-13(10-24-18)15-5-6-16(28)27-26-15/h3-7,9-10,12H,8,11H2,1-2H3,(H,27,28)(H,23,24,25)/t12-,19-/m1/s1. The Kier molecular flexibility index (Phi) is 5.72. The molecule has 0 fully saturated rings. The van der Waals surface area contributed by atoms with Crippen molar-refractivity contribution in [3.8, 4) is 17.1 Å². The van der Waals surface area contributed by atoms with Gasteiger partial charge in [0.05, 0.1) is 17.6 Å². The van der Waals surface area contributed by atoms with Crippen molar-refractivity contribution >= 4 is 5.95 Å². The molecule has 3 aromatic heterocycles. The van der Waals surface area contributed by atoms with Crippen LogP contribution in [0.1, 0.15) is 26.0 Å². The number of nitrogens with zero attached hydrogens (tertiary/aromatic N) is 5. The van der Waals surface area contributed by atoms with Gasteiger partial charge >= 0.3 is 0 Å². The first-order valence-electron chi connectivity index (χ1n) is 8.71. The first-order valence-corrected chi connectivity index (χ1v) is 8.71. The highest BCUT2D eigenvalue weighted by atomic mass is 19.1. The average Bonchev–Trinajstić information content (AvgIpc) is 2.67. The fourth-order valence-electron chi connectivity index (χ4n) is 3.01. The molecule has 0 spiro atoms. The Morgan fingerprint density at radius 2 is 1.89 bits per heavy atom. The van der Waals surface area contributed by atoms with Crippen LogP contribution in [-0.4, -0.2) is 43.0 Å². The fourth-order valence-corrected chi connectivity index (χ4v) is 3.01. The Morgan fingerprint density at radius 3 is 2.50 bits per heavy atom. The second kappa shape index (κ2) is 8.20. The zero-order chi connectivity index (χ0) is 20.1. The number of pyridine rings is 1. The average molecular weight is 386 g/mol. The third-order valence-corrected chi connectivity index (χ3v) is 4.30. The Bertz CT molecular complexity index is 920. The number of nitrogens with one attached hydrogen (secondary N) is 1. The Hall–Kier alpha value is -3.23. The molecule has 3 rings (SSSR count). The monoisotopic (exact) mass is 386 g/mol. The van der Waals surface area contributed by atoms with Crippen molar-refractivity contribution in [3.63, 3.8) is 0 Å². The Balaban J connectivity index is 1.76. The van der Waals surface area contributed by atoms with E-state index in [2.05, 4.69) is 30.5 Å². The summed E-state index contributed by atoms with van der Waals surface area (Å²) in [5.41, 5.74) is 0.442. The van der Waals surface area contributed by atoms with Crippen molar-refractivity contribution in [2.24, 2.45) is 0 Å². The van der Waals surface area contributed by atoms with E-state index >= 15 is 0 Å². The van der Waals surface area contributed by atoms with Crippen molar-refractivity contribution in [2.45, 2.75) is 31.9 Å². The van der Waals surface area contributed by atoms with E-state index in [1.165, 1.54) is 31.3 Å². The lowest BCUT2D eigenvalue weighted by atomic mass is 9.81. The van der Waals surface area contributed by atoms with Gasteiger partial charge in [-0.15, -0.1) is 10.2 Å². The van der Waals surface area contributed by atoms with Gasteiger partial charge in [0.25, 0.3) is 0 Å². The van der Waals surface area contributed by atoms with Crippen molar-refractivity contribution in [1.82, 2.24) is 25.1 Å². The molecule has 146 valence electrons. The van der Waals surface area contributed by atoms with E-state index in [1.807, 2.05) is 0 Å². The number of anilines is 1. The summed E-state index contributed by atoms with van der Waals surface area (Å²) in [6, 6.07) is 5.82. The molecule has 3 aromatic rings. The van der Waals surface area contributed by atoms with Crippen molar-refractivity contribution in [3.05, 3.63) is 54.4 Å². The summed E-state index contributed by atoms with van der Waals surface area (Å²) in [4.78, 5) is 12.5. The SMILES string of the molecule is C[C@@H](F)C[C@](C)(CNc1ncc(-c2ccc(O)nn2)cn1)c1ncccc1F. The van der Waals surface area contributed by atoms with Gasteiger partial charge in [-0.3, -0.25) is 4.98 Å². The molecule has 2 atom stereocenters. The highest BCUT2D eigenvalue weighted by Crippen LogP contribution is 2.30. The quantitative estimate of drug-likeness (QED) is 0.643. The molecule has 0 aliphatic carbocycles. The normalized spacial score (nSPS) is 14.3. The Labute approximate surface area is 160 Å². The van der Waals surface area contributed by atoms with Crippen LogP contribution in [0.15, 0.2) is 42.9 Å². The highest BCUT2D eigenvalue weighted by Gasteiger charge is 2.33. The van der Waals surface area contributed by atoms with Gasteiger partial charge in [0.2, 0.25) is 11.8 Å². The molecule has 0 aliphatic rings. The van der Waals surface area contributed by atoms with Gasteiger partial charge in [-0.1, -0.05) is 6.92 Å². The maximum absolute atomic E-state index is 14.3. The number of hydrogen-bond donors (Lipinski definition) is 2. The summed E-state index contributed by atoms with van der Waals surface area (Å²) in [7, 11) is 0. The number of aromatic nitrogens is 5. The second-order valence-corrected chi connectivity index (χ2v) is 6.81. The molecule has 28 heavy (non-hydrogen) atoms. The van der Waals surface area contributed by atoms with Crippen LogP contribution in [0.3, 0.4) is 0 Å². The second-order valence-electron chi connectivity index (χ2n) is 6.81. The molecule has 0 aromatic carbocycles. The number of halogens is 2. The predicted molar refractivity (Wildman–Crippen MR) is 99.9 cm³/mol. The zero-order valence-electron chi connectivity index (χ0n) is 15.5. The van der Waals surface area contributed by atoms with Crippen LogP contribution in [0, 0.1) is 5.82 Å². The molecular formula is C19H20F2N6O. The van der Waals surface area contributed by atoms with Crippen LogP contribution in [0.5, 0.6) is 5.88 Å². The van der Waals surface area contributed by atoms with E-state index in [4.69, 9.17) is 0 Å². The van der Waals surface area contributed by atoms with Crippen molar-refractivity contribution in [1.29, 1.82) is 0 Å². The molecule has 0 unspecified atom stereocenters. The molecule has 0 amide bonds. The summed E-state index contributed by atoms with van der Waals surface area (Å²) in [6.07, 6.45) is 3.54. The minimum absolute atomic E-state index is 0.0924. The number of hydrogen-bond acceptors (Lipinski definition) is 7. The van der Waals surface area contributed by atoms with E-state index in [9.17, 15) is 13.9 Å². The number of rotatable bonds is 7. The molecule has 7 nitrogen and oxygen atoms in total. The summed E-state index contributed by atoms with van der Waals surface area (Å²) >= 11 is 0. The van der Waals surface area contributed by atoms with E-state index < -0.39 is 17.4 Å². The van der Waals surface area contributed by atoms with Crippen LogP contribution in [-0.2, 0) is 5.41 Å². The lowest BCUT2D eigenvalue weighted by Gasteiger charge is -2.30. The molecule has 0 bridgehead atoms. The van der Waals surface area contributed by atoms with Gasteiger partial charge in [0.15, 0.2) is 0 Å². The van der Waals surface area contributed by atoms with Crippen LogP contribution >= 0.6 is 0 Å². The van der Waals surface area contributed by atoms with Crippen LogP contribution < -0.4 is 5.32 Å². The maximum Gasteiger partial charge on any atom is 0.230 e. The molecule has 0 saturated heterocycles. The lowest BCUT2D eigenvalue weighted by Crippen LogP contribution is -2.36. The molecule has 2 N–H and O–H groups in total. The summed E-state index contributed by atoms with van der Waals surface area (Å²) < 4.78 is 28.0. The van der Waals surface area contributed by atoms with E-state index in [0.29, 0.717) is 17.2 Å². The van der Waals surface area contributed by atoms with Gasteiger partial charge in [0, 0.05) is 42.2 Å². The highest BCUT2D eigenvalue weighted by molar-refractivity contribution is 5.56. The van der Waals surface area contributed by atoms with Gasteiger partial charge in [-0.05, 0) is 31.5 Å². The molecular weight excluding hydrogens is 366 g/mol. The van der Waals surface area contributed by atoms with E-state index in [-0.39, 0.29) is 24.5 Å². The zero-order valence-corrected chi connectivity index (χ0v) is 15.5. The first kappa shape index (κ1) is 19.5. The van der Waals surface area contributed by atoms with Gasteiger partial charge < -0.3 is 10.4 Å². The third-order valence-electron chi connectivity index (χ3n) is 4.30. The lowest BCUT2D eigenvalue weighted by molar-refractivity contribution is 0.267. The summed E-state index contributed by atoms with van der Waals surface area (Å²) in [5.74, 6) is -0.342. The van der Waals surface area contributed by atoms with E-state index in [0.717, 1.165) is 0 Å². The minimum atomic E-state index is -1.13. The molecule has 3 heterocycles. The first-order chi connectivity index (χ1) is 13.4. The summed E-state index contributed by atoms with van der Waals surface area (Å²) in [6.45, 7) is 3.39. The minimum Gasteiger partial charge on any atom is -0.492 e. The van der Waals surface area contributed by atoms with Crippen LogP contribution in [0.25, 0.3) is 11.3 Å². The topological polar surface area (TPSA) is 96.7 Å². The van der Waals surface area contributed by atoms with Crippen molar-refractivity contribution < 1.29 is 13.9 Å². The number of aromatic hydroxyl groups is 1.